The zero-order valence-electron chi connectivity index (χ0n) is 14.9. The molecule has 0 spiro atoms. The summed E-state index contributed by atoms with van der Waals surface area (Å²) in [5.41, 5.74) is 1.95. The predicted octanol–water partition coefficient (Wildman–Crippen LogP) is 4.72. The van der Waals surface area contributed by atoms with Crippen LogP contribution >= 0.6 is 0 Å². The third-order valence-electron chi connectivity index (χ3n) is 8.45. The molecule has 6 atom stereocenters. The second kappa shape index (κ2) is 5.04. The van der Waals surface area contributed by atoms with Gasteiger partial charge in [0.15, 0.2) is 5.78 Å². The van der Waals surface area contributed by atoms with Crippen LogP contribution < -0.4 is 0 Å². The Kier molecular flexibility index (Phi) is 3.42. The standard InChI is InChI=1S/C21H30O2/c1-13(22)17-6-7-18-16-5-4-14-12-15(23)8-10-20(14,2)19(16)9-11-21(17,18)3/h12,16-19H,4-11H2,1-3H3/t16-,17+,18?,19?,20-,21+/m1/s1. The Balaban J connectivity index is 1.67. The van der Waals surface area contributed by atoms with Gasteiger partial charge in [-0.2, -0.15) is 0 Å². The monoisotopic (exact) mass is 314 g/mol. The van der Waals surface area contributed by atoms with Gasteiger partial charge in [-0.15, -0.1) is 0 Å². The summed E-state index contributed by atoms with van der Waals surface area (Å²) < 4.78 is 0. The van der Waals surface area contributed by atoms with Gasteiger partial charge in [-0.3, -0.25) is 9.59 Å². The first kappa shape index (κ1) is 15.6. The van der Waals surface area contributed by atoms with E-state index >= 15 is 0 Å². The van der Waals surface area contributed by atoms with Crippen molar-refractivity contribution >= 4 is 11.6 Å². The average molecular weight is 314 g/mol. The fraction of sp³-hybridized carbons (Fsp3) is 0.810. The van der Waals surface area contributed by atoms with Gasteiger partial charge in [0.05, 0.1) is 0 Å². The van der Waals surface area contributed by atoms with E-state index < -0.39 is 0 Å². The molecule has 0 saturated heterocycles. The van der Waals surface area contributed by atoms with E-state index in [1.165, 1.54) is 31.3 Å². The molecule has 4 aliphatic carbocycles. The van der Waals surface area contributed by atoms with Crippen LogP contribution in [-0.2, 0) is 9.59 Å². The smallest absolute Gasteiger partial charge is 0.155 e. The van der Waals surface area contributed by atoms with Crippen LogP contribution in [0.2, 0.25) is 0 Å². The number of rotatable bonds is 1. The molecule has 0 aromatic carbocycles. The van der Waals surface area contributed by atoms with Gasteiger partial charge in [-0.05, 0) is 86.5 Å². The highest BCUT2D eigenvalue weighted by molar-refractivity contribution is 5.91. The Labute approximate surface area is 140 Å². The van der Waals surface area contributed by atoms with Crippen molar-refractivity contribution in [1.82, 2.24) is 0 Å². The van der Waals surface area contributed by atoms with E-state index in [2.05, 4.69) is 13.8 Å². The van der Waals surface area contributed by atoms with Gasteiger partial charge in [0, 0.05) is 12.3 Å². The highest BCUT2D eigenvalue weighted by Gasteiger charge is 2.59. The van der Waals surface area contributed by atoms with Gasteiger partial charge in [0.25, 0.3) is 0 Å². The SMILES string of the molecule is CC(=O)[C@@H]1CCC2[C@H]3CCC4=CC(=O)CC[C@@]4(C)C3CC[C@]21C. The molecule has 4 rings (SSSR count). The van der Waals surface area contributed by atoms with Gasteiger partial charge >= 0.3 is 0 Å². The summed E-state index contributed by atoms with van der Waals surface area (Å²) in [4.78, 5) is 24.0. The van der Waals surface area contributed by atoms with Crippen LogP contribution in [-0.4, -0.2) is 11.6 Å². The van der Waals surface area contributed by atoms with Gasteiger partial charge in [-0.1, -0.05) is 19.4 Å². The molecule has 0 amide bonds. The van der Waals surface area contributed by atoms with Crippen LogP contribution in [0.5, 0.6) is 0 Å². The number of ketones is 2. The first-order valence-corrected chi connectivity index (χ1v) is 9.60. The minimum Gasteiger partial charge on any atom is -0.300 e. The normalized spacial score (nSPS) is 49.0. The Hall–Kier alpha value is -0.920. The van der Waals surface area contributed by atoms with Crippen LogP contribution in [0.25, 0.3) is 0 Å². The molecule has 4 aliphatic rings. The van der Waals surface area contributed by atoms with Crippen LogP contribution in [0.3, 0.4) is 0 Å². The molecule has 2 nitrogen and oxygen atoms in total. The molecule has 3 saturated carbocycles. The number of carbonyl (C=O) groups excluding carboxylic acids is 2. The van der Waals surface area contributed by atoms with E-state index in [-0.39, 0.29) is 10.8 Å². The fourth-order valence-corrected chi connectivity index (χ4v) is 7.23. The number of Topliss-reactive ketones (excluding diaryl/α,β-unsaturated/α-hetero) is 1. The van der Waals surface area contributed by atoms with Crippen molar-refractivity contribution in [1.29, 1.82) is 0 Å². The van der Waals surface area contributed by atoms with Crippen molar-refractivity contribution in [3.05, 3.63) is 11.6 Å². The van der Waals surface area contributed by atoms with Crippen molar-refractivity contribution in [2.75, 3.05) is 0 Å². The minimum absolute atomic E-state index is 0.245. The van der Waals surface area contributed by atoms with E-state index in [1.54, 1.807) is 6.92 Å². The Morgan fingerprint density at radius 1 is 1.04 bits per heavy atom. The zero-order valence-corrected chi connectivity index (χ0v) is 14.9. The van der Waals surface area contributed by atoms with Crippen LogP contribution in [0.15, 0.2) is 11.6 Å². The lowest BCUT2D eigenvalue weighted by Gasteiger charge is -2.58. The Morgan fingerprint density at radius 3 is 2.57 bits per heavy atom. The van der Waals surface area contributed by atoms with Crippen molar-refractivity contribution < 1.29 is 9.59 Å². The molecule has 23 heavy (non-hydrogen) atoms. The molecule has 126 valence electrons. The summed E-state index contributed by atoms with van der Waals surface area (Å²) in [6.45, 7) is 6.65. The van der Waals surface area contributed by atoms with Gasteiger partial charge in [0.2, 0.25) is 0 Å². The molecule has 0 aliphatic heterocycles. The van der Waals surface area contributed by atoms with Gasteiger partial charge in [0.1, 0.15) is 5.78 Å². The van der Waals surface area contributed by atoms with Crippen molar-refractivity contribution in [2.24, 2.45) is 34.5 Å². The van der Waals surface area contributed by atoms with Crippen molar-refractivity contribution in [3.63, 3.8) is 0 Å². The van der Waals surface area contributed by atoms with E-state index in [0.717, 1.165) is 43.4 Å². The number of hydrogen-bond acceptors (Lipinski definition) is 2. The lowest BCUT2D eigenvalue weighted by Crippen LogP contribution is -2.51. The third kappa shape index (κ3) is 2.06. The lowest BCUT2D eigenvalue weighted by atomic mass is 9.47. The lowest BCUT2D eigenvalue weighted by molar-refractivity contribution is -0.128. The van der Waals surface area contributed by atoms with Crippen LogP contribution in [0.4, 0.5) is 0 Å². The van der Waals surface area contributed by atoms with E-state index in [9.17, 15) is 9.59 Å². The zero-order chi connectivity index (χ0) is 16.4. The average Bonchev–Trinajstić information content (AvgIpc) is 2.85. The molecule has 3 fully saturated rings. The second-order valence-electron chi connectivity index (χ2n) is 9.25. The molecule has 2 heteroatoms. The Morgan fingerprint density at radius 2 is 1.83 bits per heavy atom. The topological polar surface area (TPSA) is 34.1 Å². The van der Waals surface area contributed by atoms with Crippen LogP contribution in [0, 0.1) is 34.5 Å². The molecule has 0 heterocycles. The van der Waals surface area contributed by atoms with E-state index in [4.69, 9.17) is 0 Å². The molecular weight excluding hydrogens is 284 g/mol. The molecule has 2 unspecified atom stereocenters. The molecule has 0 bridgehead atoms. The first-order valence-electron chi connectivity index (χ1n) is 9.60. The number of hydrogen-bond donors (Lipinski definition) is 0. The highest BCUT2D eigenvalue weighted by atomic mass is 16.1. The van der Waals surface area contributed by atoms with Gasteiger partial charge < -0.3 is 0 Å². The summed E-state index contributed by atoms with van der Waals surface area (Å²) in [5, 5.41) is 0. The second-order valence-corrected chi connectivity index (χ2v) is 9.25. The number of fused-ring (bicyclic) bond motifs is 5. The van der Waals surface area contributed by atoms with Crippen molar-refractivity contribution in [3.8, 4) is 0 Å². The number of carbonyl (C=O) groups is 2. The summed E-state index contributed by atoms with van der Waals surface area (Å²) in [7, 11) is 0. The van der Waals surface area contributed by atoms with Gasteiger partial charge in [-0.25, -0.2) is 0 Å². The highest BCUT2D eigenvalue weighted by Crippen LogP contribution is 2.66. The van der Waals surface area contributed by atoms with E-state index in [0.29, 0.717) is 17.5 Å². The van der Waals surface area contributed by atoms with Crippen LogP contribution in [0.1, 0.15) is 72.1 Å². The quantitative estimate of drug-likeness (QED) is 0.701. The first-order chi connectivity index (χ1) is 10.9. The summed E-state index contributed by atoms with van der Waals surface area (Å²) >= 11 is 0. The number of allylic oxidation sites excluding steroid dienone is 1. The predicted molar refractivity (Wildman–Crippen MR) is 90.9 cm³/mol. The maximum Gasteiger partial charge on any atom is 0.155 e. The molecule has 0 radical (unpaired) electrons. The molecule has 0 aromatic heterocycles. The largest absolute Gasteiger partial charge is 0.300 e. The fourth-order valence-electron chi connectivity index (χ4n) is 7.23. The minimum atomic E-state index is 0.245. The maximum absolute atomic E-state index is 12.1. The molecule has 0 aromatic rings. The summed E-state index contributed by atoms with van der Waals surface area (Å²) in [6, 6.07) is 0. The van der Waals surface area contributed by atoms with Crippen molar-refractivity contribution in [2.45, 2.75) is 72.1 Å². The third-order valence-corrected chi connectivity index (χ3v) is 8.45. The summed E-state index contributed by atoms with van der Waals surface area (Å²) in [6.07, 6.45) is 10.9. The van der Waals surface area contributed by atoms with E-state index in [1.807, 2.05) is 6.08 Å². The Bertz CT molecular complexity index is 589. The summed E-state index contributed by atoms with van der Waals surface area (Å²) in [5.74, 6) is 3.29. The maximum atomic E-state index is 12.1. The molecular formula is C21H30O2. The molecule has 0 N–H and O–H groups in total.